The maximum Gasteiger partial charge on any atom is 0.231 e. The number of rotatable bonds is 3. The molecule has 21 heavy (non-hydrogen) atoms. The SMILES string of the molecule is CCN(c1nccc2cc3c(cc12)OCO3)C1CCNC1. The third-order valence-electron chi connectivity index (χ3n) is 4.32. The number of nitrogens with zero attached hydrogens (tertiary/aromatic N) is 2. The number of anilines is 1. The molecule has 1 unspecified atom stereocenters. The smallest absolute Gasteiger partial charge is 0.231 e. The van der Waals surface area contributed by atoms with E-state index in [0.29, 0.717) is 12.8 Å². The lowest BCUT2D eigenvalue weighted by atomic mass is 10.1. The monoisotopic (exact) mass is 285 g/mol. The van der Waals surface area contributed by atoms with Crippen LogP contribution in [0, 0.1) is 0 Å². The first-order valence-electron chi connectivity index (χ1n) is 7.52. The van der Waals surface area contributed by atoms with Crippen LogP contribution in [0.1, 0.15) is 13.3 Å². The zero-order valence-electron chi connectivity index (χ0n) is 12.1. The molecule has 5 heteroatoms. The first-order chi connectivity index (χ1) is 10.4. The minimum Gasteiger partial charge on any atom is -0.454 e. The second kappa shape index (κ2) is 5.07. The molecule has 1 aromatic heterocycles. The molecule has 3 heterocycles. The summed E-state index contributed by atoms with van der Waals surface area (Å²) in [6.45, 7) is 5.55. The second-order valence-electron chi connectivity index (χ2n) is 5.49. The minimum atomic E-state index is 0.304. The van der Waals surface area contributed by atoms with Gasteiger partial charge >= 0.3 is 0 Å². The van der Waals surface area contributed by atoms with Crippen molar-refractivity contribution in [3.63, 3.8) is 0 Å². The Hall–Kier alpha value is -2.01. The molecular weight excluding hydrogens is 266 g/mol. The molecule has 1 N–H and O–H groups in total. The molecular formula is C16H19N3O2. The van der Waals surface area contributed by atoms with Crippen LogP contribution in [0.25, 0.3) is 10.8 Å². The number of nitrogens with one attached hydrogen (secondary N) is 1. The van der Waals surface area contributed by atoms with E-state index in [1.54, 1.807) is 0 Å². The van der Waals surface area contributed by atoms with Crippen LogP contribution in [-0.4, -0.2) is 37.5 Å². The first-order valence-corrected chi connectivity index (χ1v) is 7.52. The highest BCUT2D eigenvalue weighted by Gasteiger charge is 2.24. The molecule has 2 aromatic rings. The molecule has 1 aromatic carbocycles. The average Bonchev–Trinajstić information content (AvgIpc) is 3.17. The Bertz CT molecular complexity index is 668. The van der Waals surface area contributed by atoms with E-state index in [4.69, 9.17) is 9.47 Å². The lowest BCUT2D eigenvalue weighted by Crippen LogP contribution is -2.37. The van der Waals surface area contributed by atoms with Gasteiger partial charge in [-0.25, -0.2) is 4.98 Å². The van der Waals surface area contributed by atoms with Gasteiger partial charge in [0.1, 0.15) is 5.82 Å². The van der Waals surface area contributed by atoms with Crippen LogP contribution in [0.2, 0.25) is 0 Å². The topological polar surface area (TPSA) is 46.6 Å². The van der Waals surface area contributed by atoms with Gasteiger partial charge < -0.3 is 19.7 Å². The highest BCUT2D eigenvalue weighted by molar-refractivity contribution is 5.94. The Morgan fingerprint density at radius 1 is 1.33 bits per heavy atom. The summed E-state index contributed by atoms with van der Waals surface area (Å²) in [4.78, 5) is 7.04. The van der Waals surface area contributed by atoms with Gasteiger partial charge in [0.25, 0.3) is 0 Å². The summed E-state index contributed by atoms with van der Waals surface area (Å²) in [6.07, 6.45) is 3.04. The van der Waals surface area contributed by atoms with Crippen molar-refractivity contribution < 1.29 is 9.47 Å². The van der Waals surface area contributed by atoms with Gasteiger partial charge in [-0.1, -0.05) is 0 Å². The molecule has 1 atom stereocenters. The molecule has 0 aliphatic carbocycles. The number of likely N-dealkylation sites (N-methyl/N-ethyl adjacent to an activating group) is 1. The van der Waals surface area contributed by atoms with Crippen molar-refractivity contribution >= 4 is 16.6 Å². The summed E-state index contributed by atoms with van der Waals surface area (Å²) < 4.78 is 11.0. The lowest BCUT2D eigenvalue weighted by molar-refractivity contribution is 0.174. The van der Waals surface area contributed by atoms with E-state index in [0.717, 1.165) is 54.1 Å². The van der Waals surface area contributed by atoms with E-state index in [-0.39, 0.29) is 0 Å². The van der Waals surface area contributed by atoms with E-state index >= 15 is 0 Å². The Morgan fingerprint density at radius 2 is 2.19 bits per heavy atom. The number of fused-ring (bicyclic) bond motifs is 2. The van der Waals surface area contributed by atoms with E-state index in [1.165, 1.54) is 0 Å². The van der Waals surface area contributed by atoms with Crippen LogP contribution in [0.5, 0.6) is 11.5 Å². The molecule has 5 nitrogen and oxygen atoms in total. The van der Waals surface area contributed by atoms with Crippen molar-refractivity contribution in [2.75, 3.05) is 31.3 Å². The predicted octanol–water partition coefficient (Wildman–Crippen LogP) is 2.15. The zero-order valence-corrected chi connectivity index (χ0v) is 12.1. The van der Waals surface area contributed by atoms with Crippen LogP contribution in [-0.2, 0) is 0 Å². The predicted molar refractivity (Wildman–Crippen MR) is 82.2 cm³/mol. The third-order valence-corrected chi connectivity index (χ3v) is 4.32. The summed E-state index contributed by atoms with van der Waals surface area (Å²) in [6, 6.07) is 6.65. The number of ether oxygens (including phenoxy) is 2. The number of hydrogen-bond donors (Lipinski definition) is 1. The van der Waals surface area contributed by atoms with Crippen LogP contribution in [0.15, 0.2) is 24.4 Å². The second-order valence-corrected chi connectivity index (χ2v) is 5.49. The van der Waals surface area contributed by atoms with Gasteiger partial charge in [0, 0.05) is 30.7 Å². The van der Waals surface area contributed by atoms with Gasteiger partial charge in [0.15, 0.2) is 11.5 Å². The highest BCUT2D eigenvalue weighted by atomic mass is 16.7. The Morgan fingerprint density at radius 3 is 2.95 bits per heavy atom. The van der Waals surface area contributed by atoms with Crippen molar-refractivity contribution in [2.24, 2.45) is 0 Å². The highest BCUT2D eigenvalue weighted by Crippen LogP contribution is 2.39. The Balaban J connectivity index is 1.83. The molecule has 0 spiro atoms. The molecule has 110 valence electrons. The fourth-order valence-corrected chi connectivity index (χ4v) is 3.26. The summed E-state index contributed by atoms with van der Waals surface area (Å²) in [5, 5.41) is 5.71. The van der Waals surface area contributed by atoms with Crippen molar-refractivity contribution in [3.8, 4) is 11.5 Å². The number of benzene rings is 1. The maximum absolute atomic E-state index is 5.52. The van der Waals surface area contributed by atoms with Crippen molar-refractivity contribution in [1.29, 1.82) is 0 Å². The van der Waals surface area contributed by atoms with Gasteiger partial charge in [-0.2, -0.15) is 0 Å². The van der Waals surface area contributed by atoms with Gasteiger partial charge in [-0.05, 0) is 43.5 Å². The van der Waals surface area contributed by atoms with Crippen LogP contribution in [0.3, 0.4) is 0 Å². The normalized spacial score (nSPS) is 20.1. The molecule has 0 radical (unpaired) electrons. The van der Waals surface area contributed by atoms with Crippen LogP contribution >= 0.6 is 0 Å². The van der Waals surface area contributed by atoms with Gasteiger partial charge in [-0.3, -0.25) is 0 Å². The molecule has 0 saturated carbocycles. The molecule has 4 rings (SSSR count). The van der Waals surface area contributed by atoms with E-state index in [9.17, 15) is 0 Å². The summed E-state index contributed by atoms with van der Waals surface area (Å²) in [5.41, 5.74) is 0. The minimum absolute atomic E-state index is 0.304. The number of aromatic nitrogens is 1. The molecule has 0 bridgehead atoms. The average molecular weight is 285 g/mol. The molecule has 2 aliphatic rings. The third kappa shape index (κ3) is 2.08. The molecule has 0 amide bonds. The van der Waals surface area contributed by atoms with Crippen molar-refractivity contribution in [3.05, 3.63) is 24.4 Å². The van der Waals surface area contributed by atoms with Crippen molar-refractivity contribution in [1.82, 2.24) is 10.3 Å². The standard InChI is InChI=1S/C16H19N3O2/c1-2-19(12-4-5-17-9-12)16-13-8-15-14(20-10-21-15)7-11(13)3-6-18-16/h3,6-8,12,17H,2,4-5,9-10H2,1H3. The van der Waals surface area contributed by atoms with E-state index in [2.05, 4.69) is 28.2 Å². The largest absolute Gasteiger partial charge is 0.454 e. The molecule has 1 fully saturated rings. The summed E-state index contributed by atoms with van der Waals surface area (Å²) >= 11 is 0. The lowest BCUT2D eigenvalue weighted by Gasteiger charge is -2.29. The Kier molecular flexibility index (Phi) is 3.07. The fraction of sp³-hybridized carbons (Fsp3) is 0.438. The quantitative estimate of drug-likeness (QED) is 0.936. The van der Waals surface area contributed by atoms with Gasteiger partial charge in [-0.15, -0.1) is 0 Å². The Labute approximate surface area is 123 Å². The van der Waals surface area contributed by atoms with Crippen LogP contribution < -0.4 is 19.7 Å². The van der Waals surface area contributed by atoms with Gasteiger partial charge in [0.2, 0.25) is 6.79 Å². The van der Waals surface area contributed by atoms with E-state index < -0.39 is 0 Å². The van der Waals surface area contributed by atoms with Gasteiger partial charge in [0.05, 0.1) is 0 Å². The summed E-state index contributed by atoms with van der Waals surface area (Å²) in [5.74, 6) is 2.68. The molecule has 1 saturated heterocycles. The van der Waals surface area contributed by atoms with Crippen molar-refractivity contribution in [2.45, 2.75) is 19.4 Å². The number of hydrogen-bond acceptors (Lipinski definition) is 5. The van der Waals surface area contributed by atoms with Crippen LogP contribution in [0.4, 0.5) is 5.82 Å². The summed E-state index contributed by atoms with van der Waals surface area (Å²) in [7, 11) is 0. The first kappa shape index (κ1) is 12.7. The fourth-order valence-electron chi connectivity index (χ4n) is 3.26. The van der Waals surface area contributed by atoms with E-state index in [1.807, 2.05) is 18.3 Å². The maximum atomic E-state index is 5.52. The zero-order chi connectivity index (χ0) is 14.2. The molecule has 2 aliphatic heterocycles. The number of pyridine rings is 1.